The molecule has 2 aromatic carbocycles. The van der Waals surface area contributed by atoms with E-state index in [2.05, 4.69) is 15.6 Å². The van der Waals surface area contributed by atoms with Gasteiger partial charge >= 0.3 is 11.7 Å². The van der Waals surface area contributed by atoms with Crippen LogP contribution in [0.2, 0.25) is 0 Å². The summed E-state index contributed by atoms with van der Waals surface area (Å²) in [5.41, 5.74) is -0.232. The van der Waals surface area contributed by atoms with Gasteiger partial charge in [-0.15, -0.1) is 0 Å². The Bertz CT molecular complexity index is 1370. The summed E-state index contributed by atoms with van der Waals surface area (Å²) in [5.74, 6) is -1.99. The monoisotopic (exact) mass is 492 g/mol. The van der Waals surface area contributed by atoms with Crippen molar-refractivity contribution in [2.24, 2.45) is 11.8 Å². The second-order valence-corrected chi connectivity index (χ2v) is 9.08. The molecule has 2 amide bonds. The van der Waals surface area contributed by atoms with Crippen LogP contribution in [-0.4, -0.2) is 39.0 Å². The summed E-state index contributed by atoms with van der Waals surface area (Å²) < 4.78 is 0.879. The largest absolute Gasteiger partial charge is 0.479 e. The molecule has 10 nitrogen and oxygen atoms in total. The van der Waals surface area contributed by atoms with Crippen LogP contribution in [0.1, 0.15) is 37.3 Å². The smallest absolute Gasteiger partial charge is 0.330 e. The van der Waals surface area contributed by atoms with E-state index < -0.39 is 29.2 Å². The van der Waals surface area contributed by atoms with Gasteiger partial charge in [-0.25, -0.2) is 9.59 Å². The molecule has 188 valence electrons. The molecule has 4 rings (SSSR count). The minimum absolute atomic E-state index is 0.147. The molecule has 0 aliphatic heterocycles. The van der Waals surface area contributed by atoms with Crippen LogP contribution in [0, 0.1) is 11.8 Å². The topological polar surface area (TPSA) is 150 Å². The molecule has 0 spiro atoms. The van der Waals surface area contributed by atoms with Crippen LogP contribution in [-0.2, 0) is 20.9 Å². The maximum Gasteiger partial charge on any atom is 0.330 e. The number of carbonyl (C=O) groups is 3. The van der Waals surface area contributed by atoms with Crippen molar-refractivity contribution in [3.63, 3.8) is 0 Å². The van der Waals surface area contributed by atoms with Gasteiger partial charge in [0.1, 0.15) is 6.54 Å². The molecule has 3 aromatic rings. The maximum atomic E-state index is 12.7. The van der Waals surface area contributed by atoms with E-state index >= 15 is 0 Å². The molecule has 0 bridgehead atoms. The maximum absolute atomic E-state index is 12.7. The van der Waals surface area contributed by atoms with E-state index in [0.29, 0.717) is 48.7 Å². The van der Waals surface area contributed by atoms with Gasteiger partial charge in [-0.05, 0) is 49.3 Å². The first-order valence-corrected chi connectivity index (χ1v) is 11.9. The number of aromatic nitrogens is 2. The zero-order valence-corrected chi connectivity index (χ0v) is 19.6. The molecule has 1 fully saturated rings. The van der Waals surface area contributed by atoms with Crippen molar-refractivity contribution < 1.29 is 19.5 Å². The Labute approximate surface area is 206 Å². The van der Waals surface area contributed by atoms with Crippen LogP contribution in [0.5, 0.6) is 0 Å². The van der Waals surface area contributed by atoms with E-state index in [1.165, 1.54) is 0 Å². The lowest BCUT2D eigenvalue weighted by molar-refractivity contribution is -0.143. The Morgan fingerprint density at radius 1 is 0.972 bits per heavy atom. The van der Waals surface area contributed by atoms with Crippen LogP contribution < -0.4 is 21.9 Å². The molecule has 1 saturated carbocycles. The third-order valence-electron chi connectivity index (χ3n) is 6.66. The molecule has 1 aliphatic carbocycles. The van der Waals surface area contributed by atoms with Crippen molar-refractivity contribution in [1.29, 1.82) is 0 Å². The summed E-state index contributed by atoms with van der Waals surface area (Å²) in [6.07, 6.45) is 2.55. The minimum atomic E-state index is -1.12. The van der Waals surface area contributed by atoms with E-state index in [1.807, 2.05) is 0 Å². The third-order valence-corrected chi connectivity index (χ3v) is 6.66. The highest BCUT2D eigenvalue weighted by Gasteiger charge is 2.30. The van der Waals surface area contributed by atoms with Gasteiger partial charge in [-0.2, -0.15) is 0 Å². The predicted molar refractivity (Wildman–Crippen MR) is 132 cm³/mol. The number of para-hydroxylation sites is 1. The van der Waals surface area contributed by atoms with Gasteiger partial charge in [0.05, 0.1) is 10.9 Å². The molecule has 10 heteroatoms. The Kier molecular flexibility index (Phi) is 7.62. The lowest BCUT2D eigenvalue weighted by Crippen LogP contribution is -2.42. The fourth-order valence-corrected chi connectivity index (χ4v) is 4.62. The normalized spacial score (nSPS) is 18.3. The van der Waals surface area contributed by atoms with Gasteiger partial charge in [-0.1, -0.05) is 42.5 Å². The van der Waals surface area contributed by atoms with E-state index in [-0.39, 0.29) is 24.3 Å². The highest BCUT2D eigenvalue weighted by Crippen LogP contribution is 2.29. The van der Waals surface area contributed by atoms with Crippen LogP contribution in [0.15, 0.2) is 64.2 Å². The molecule has 0 radical (unpaired) electrons. The molecule has 1 aromatic heterocycles. The third kappa shape index (κ3) is 5.70. The van der Waals surface area contributed by atoms with Gasteiger partial charge in [0.25, 0.3) is 5.56 Å². The Morgan fingerprint density at radius 3 is 2.33 bits per heavy atom. The lowest BCUT2D eigenvalue weighted by Gasteiger charge is -2.29. The lowest BCUT2D eigenvalue weighted by atomic mass is 9.81. The van der Waals surface area contributed by atoms with E-state index in [4.69, 9.17) is 0 Å². The van der Waals surface area contributed by atoms with Gasteiger partial charge < -0.3 is 20.7 Å². The Balaban J connectivity index is 1.27. The summed E-state index contributed by atoms with van der Waals surface area (Å²) in [6.45, 7) is -0.0119. The van der Waals surface area contributed by atoms with Crippen LogP contribution in [0.3, 0.4) is 0 Å². The fraction of sp³-hybridized carbons (Fsp3) is 0.346. The number of carboxylic acids is 1. The highest BCUT2D eigenvalue weighted by molar-refractivity contribution is 5.86. The number of hydrogen-bond acceptors (Lipinski definition) is 5. The number of aromatic amines is 1. The molecule has 0 saturated heterocycles. The standard InChI is InChI=1S/C26H28N4O6/c31-21(15-30-24(33)19-8-4-5-9-20(19)28-26(30)36)27-14-16-10-12-18(13-11-16)23(32)29-22(25(34)35)17-6-2-1-3-7-17/h1-9,16,18,22H,10-15H2,(H,27,31)(H,28,36)(H,29,32)(H,34,35)/t16?,18?,22-/m0/s1. The summed E-state index contributed by atoms with van der Waals surface area (Å²) in [5, 5.41) is 15.3. The quantitative estimate of drug-likeness (QED) is 0.375. The summed E-state index contributed by atoms with van der Waals surface area (Å²) in [6, 6.07) is 14.1. The van der Waals surface area contributed by atoms with Crippen LogP contribution in [0.4, 0.5) is 0 Å². The molecule has 36 heavy (non-hydrogen) atoms. The number of nitrogens with one attached hydrogen (secondary N) is 3. The Hall–Kier alpha value is -4.21. The number of amides is 2. The van der Waals surface area contributed by atoms with E-state index in [1.54, 1.807) is 54.6 Å². The zero-order valence-electron chi connectivity index (χ0n) is 19.6. The molecule has 4 N–H and O–H groups in total. The van der Waals surface area contributed by atoms with Crippen molar-refractivity contribution in [3.05, 3.63) is 81.0 Å². The number of H-pyrrole nitrogens is 1. The fourth-order valence-electron chi connectivity index (χ4n) is 4.62. The van der Waals surface area contributed by atoms with Crippen molar-refractivity contribution in [2.45, 2.75) is 38.3 Å². The van der Waals surface area contributed by atoms with Gasteiger partial charge in [0.15, 0.2) is 6.04 Å². The average molecular weight is 493 g/mol. The molecule has 0 unspecified atom stereocenters. The number of rotatable bonds is 8. The van der Waals surface area contributed by atoms with Crippen LogP contribution >= 0.6 is 0 Å². The second kappa shape index (κ2) is 11.0. The van der Waals surface area contributed by atoms with Crippen LogP contribution in [0.25, 0.3) is 10.9 Å². The summed E-state index contributed by atoms with van der Waals surface area (Å²) in [4.78, 5) is 64.3. The van der Waals surface area contributed by atoms with Gasteiger partial charge in [0.2, 0.25) is 11.8 Å². The molecule has 1 aliphatic rings. The Morgan fingerprint density at radius 2 is 1.64 bits per heavy atom. The van der Waals surface area contributed by atoms with Crippen molar-refractivity contribution in [2.75, 3.05) is 6.54 Å². The number of hydrogen-bond donors (Lipinski definition) is 4. The number of benzene rings is 2. The minimum Gasteiger partial charge on any atom is -0.479 e. The first-order chi connectivity index (χ1) is 17.3. The SMILES string of the molecule is O=C(Cn1c(=O)[nH]c2ccccc2c1=O)NCC1CCC(C(=O)N[C@H](C(=O)O)c2ccccc2)CC1. The number of carbonyl (C=O) groups excluding carboxylic acids is 2. The second-order valence-electron chi connectivity index (χ2n) is 9.08. The van der Waals surface area contributed by atoms with Gasteiger partial charge in [-0.3, -0.25) is 19.0 Å². The van der Waals surface area contributed by atoms with Crippen molar-refractivity contribution >= 4 is 28.7 Å². The van der Waals surface area contributed by atoms with Crippen molar-refractivity contribution in [3.8, 4) is 0 Å². The summed E-state index contributed by atoms with van der Waals surface area (Å²) in [7, 11) is 0. The van der Waals surface area contributed by atoms with E-state index in [0.717, 1.165) is 4.57 Å². The zero-order chi connectivity index (χ0) is 25.7. The average Bonchev–Trinajstić information content (AvgIpc) is 2.89. The molecular weight excluding hydrogens is 464 g/mol. The number of nitrogens with zero attached hydrogens (tertiary/aromatic N) is 1. The first-order valence-electron chi connectivity index (χ1n) is 11.9. The predicted octanol–water partition coefficient (Wildman–Crippen LogP) is 1.55. The van der Waals surface area contributed by atoms with Gasteiger partial charge in [0, 0.05) is 12.5 Å². The highest BCUT2D eigenvalue weighted by atomic mass is 16.4. The number of fused-ring (bicyclic) bond motifs is 1. The number of carboxylic acid groups (broad SMARTS) is 1. The van der Waals surface area contributed by atoms with Crippen molar-refractivity contribution in [1.82, 2.24) is 20.2 Å². The first kappa shape index (κ1) is 24.9. The summed E-state index contributed by atoms with van der Waals surface area (Å²) >= 11 is 0. The molecule has 1 heterocycles. The van der Waals surface area contributed by atoms with E-state index in [9.17, 15) is 29.1 Å². The molecular formula is C26H28N4O6. The number of aliphatic carboxylic acids is 1. The molecule has 1 atom stereocenters.